The Morgan fingerprint density at radius 1 is 1.08 bits per heavy atom. The van der Waals surface area contributed by atoms with Gasteiger partial charge in [0.05, 0.1) is 31.4 Å². The molecule has 0 bridgehead atoms. The maximum atomic E-state index is 12.8. The van der Waals surface area contributed by atoms with E-state index in [4.69, 9.17) is 14.6 Å². The highest BCUT2D eigenvalue weighted by Gasteiger charge is 2.30. The molecule has 0 aliphatic carbocycles. The second-order valence-corrected chi connectivity index (χ2v) is 9.10. The molecule has 1 aromatic heterocycles. The minimum Gasteiger partial charge on any atom is -0.493 e. The van der Waals surface area contributed by atoms with Gasteiger partial charge in [0.2, 0.25) is 0 Å². The zero-order chi connectivity index (χ0) is 25.5. The van der Waals surface area contributed by atoms with E-state index in [9.17, 15) is 9.59 Å². The van der Waals surface area contributed by atoms with E-state index in [2.05, 4.69) is 15.3 Å². The Balaban J connectivity index is 1.45. The van der Waals surface area contributed by atoms with E-state index in [0.717, 1.165) is 23.3 Å². The first kappa shape index (κ1) is 25.2. The van der Waals surface area contributed by atoms with Crippen LogP contribution in [0, 0.1) is 0 Å². The summed E-state index contributed by atoms with van der Waals surface area (Å²) in [6.07, 6.45) is 5.79. The molecule has 1 N–H and O–H groups in total. The van der Waals surface area contributed by atoms with E-state index >= 15 is 0 Å². The molecule has 186 valence electrons. The number of carbonyl (C=O) groups excluding carboxylic acids is 2. The Morgan fingerprint density at radius 3 is 2.53 bits per heavy atom. The lowest BCUT2D eigenvalue weighted by Crippen LogP contribution is -2.36. The maximum Gasteiger partial charge on any atom is 0.302 e. The molecule has 2 amide bonds. The molecule has 1 unspecified atom stereocenters. The number of aromatic nitrogens is 2. The standard InChI is InChI=1S/C26H27N5O4S/c1-4-23-24(18-7-10-21(34-2)22(15-18)35-3)30-31(26(33)36-23)14-11-17-5-8-19(9-6-17)29-25(32)20-16-27-12-13-28-20/h5-10,12-13,15-16,23H,4,11,14H2,1-3H3,(H,29,32). The minimum absolute atomic E-state index is 0.0379. The first-order valence-corrected chi connectivity index (χ1v) is 12.4. The zero-order valence-electron chi connectivity index (χ0n) is 20.3. The van der Waals surface area contributed by atoms with Crippen LogP contribution < -0.4 is 14.8 Å². The van der Waals surface area contributed by atoms with Gasteiger partial charge in [-0.15, -0.1) is 0 Å². The summed E-state index contributed by atoms with van der Waals surface area (Å²) in [7, 11) is 3.19. The Morgan fingerprint density at radius 2 is 1.86 bits per heavy atom. The number of ether oxygens (including phenoxy) is 2. The van der Waals surface area contributed by atoms with E-state index in [1.165, 1.54) is 35.4 Å². The summed E-state index contributed by atoms with van der Waals surface area (Å²) in [5, 5.41) is 8.95. The predicted octanol–water partition coefficient (Wildman–Crippen LogP) is 4.64. The molecule has 36 heavy (non-hydrogen) atoms. The number of carbonyl (C=O) groups is 2. The lowest BCUT2D eigenvalue weighted by molar-refractivity contribution is 0.102. The molecule has 3 aromatic rings. The number of hydrogen-bond donors (Lipinski definition) is 1. The predicted molar refractivity (Wildman–Crippen MR) is 140 cm³/mol. The molecule has 10 heteroatoms. The molecule has 9 nitrogen and oxygen atoms in total. The fraction of sp³-hybridized carbons (Fsp3) is 0.269. The number of rotatable bonds is 9. The third kappa shape index (κ3) is 5.83. The summed E-state index contributed by atoms with van der Waals surface area (Å²) in [5.74, 6) is 0.935. The molecule has 0 saturated heterocycles. The fourth-order valence-electron chi connectivity index (χ4n) is 3.73. The maximum absolute atomic E-state index is 12.8. The van der Waals surface area contributed by atoms with Gasteiger partial charge >= 0.3 is 5.24 Å². The first-order valence-electron chi connectivity index (χ1n) is 11.5. The van der Waals surface area contributed by atoms with Gasteiger partial charge in [-0.2, -0.15) is 5.10 Å². The molecular weight excluding hydrogens is 478 g/mol. The molecule has 0 radical (unpaired) electrons. The number of amides is 2. The smallest absolute Gasteiger partial charge is 0.302 e. The van der Waals surface area contributed by atoms with E-state index in [1.807, 2.05) is 49.4 Å². The number of hydrogen-bond acceptors (Lipinski definition) is 8. The van der Waals surface area contributed by atoms with Crippen molar-refractivity contribution in [1.29, 1.82) is 0 Å². The molecule has 1 aliphatic rings. The summed E-state index contributed by atoms with van der Waals surface area (Å²) in [5.41, 5.74) is 3.65. The molecule has 4 rings (SSSR count). The summed E-state index contributed by atoms with van der Waals surface area (Å²) in [4.78, 5) is 32.9. The van der Waals surface area contributed by atoms with Crippen LogP contribution in [0.25, 0.3) is 0 Å². The van der Waals surface area contributed by atoms with Crippen molar-refractivity contribution in [2.45, 2.75) is 25.0 Å². The Bertz CT molecular complexity index is 1250. The van der Waals surface area contributed by atoms with Crippen molar-refractivity contribution >= 4 is 34.3 Å². The number of benzene rings is 2. The Kier molecular flexibility index (Phi) is 8.17. The van der Waals surface area contributed by atoms with Gasteiger partial charge in [-0.3, -0.25) is 14.6 Å². The zero-order valence-corrected chi connectivity index (χ0v) is 21.1. The second-order valence-electron chi connectivity index (χ2n) is 7.95. The Labute approximate surface area is 213 Å². The number of anilines is 1. The van der Waals surface area contributed by atoms with Crippen LogP contribution in [0.1, 0.15) is 35.0 Å². The van der Waals surface area contributed by atoms with Crippen LogP contribution in [0.2, 0.25) is 0 Å². The topological polar surface area (TPSA) is 106 Å². The van der Waals surface area contributed by atoms with Gasteiger partial charge in [0.1, 0.15) is 5.69 Å². The fourth-order valence-corrected chi connectivity index (χ4v) is 4.69. The molecule has 1 aliphatic heterocycles. The molecule has 2 aromatic carbocycles. The number of nitrogens with one attached hydrogen (secondary N) is 1. The first-order chi connectivity index (χ1) is 17.5. The number of thioether (sulfide) groups is 1. The van der Waals surface area contributed by atoms with Crippen molar-refractivity contribution in [2.75, 3.05) is 26.1 Å². The van der Waals surface area contributed by atoms with Crippen LogP contribution in [-0.4, -0.2) is 57.8 Å². The number of methoxy groups -OCH3 is 2. The van der Waals surface area contributed by atoms with Gasteiger partial charge in [0, 0.05) is 30.2 Å². The SMILES string of the molecule is CCC1SC(=O)N(CCc2ccc(NC(=O)c3cnccn3)cc2)N=C1c1ccc(OC)c(OC)c1. The number of hydrazone groups is 1. The molecule has 0 spiro atoms. The highest BCUT2D eigenvalue weighted by atomic mass is 32.2. The van der Waals surface area contributed by atoms with Crippen LogP contribution in [0.15, 0.2) is 66.2 Å². The van der Waals surface area contributed by atoms with Crippen molar-refractivity contribution in [3.63, 3.8) is 0 Å². The van der Waals surface area contributed by atoms with Crippen molar-refractivity contribution < 1.29 is 19.1 Å². The van der Waals surface area contributed by atoms with Crippen LogP contribution in [0.4, 0.5) is 10.5 Å². The van der Waals surface area contributed by atoms with Gasteiger partial charge in [0.15, 0.2) is 11.5 Å². The Hall–Kier alpha value is -3.92. The average molecular weight is 506 g/mol. The highest BCUT2D eigenvalue weighted by Crippen LogP contribution is 2.33. The summed E-state index contributed by atoms with van der Waals surface area (Å²) in [6, 6.07) is 13.2. The lowest BCUT2D eigenvalue weighted by Gasteiger charge is -2.28. The normalized spacial score (nSPS) is 15.3. The van der Waals surface area contributed by atoms with Crippen LogP contribution in [0.5, 0.6) is 11.5 Å². The van der Waals surface area contributed by atoms with Crippen molar-refractivity contribution in [3.05, 3.63) is 77.9 Å². The number of nitrogens with zero attached hydrogens (tertiary/aromatic N) is 4. The van der Waals surface area contributed by atoms with E-state index in [0.29, 0.717) is 30.2 Å². The molecule has 0 fully saturated rings. The van der Waals surface area contributed by atoms with Crippen molar-refractivity contribution in [1.82, 2.24) is 15.0 Å². The van der Waals surface area contributed by atoms with Gasteiger partial charge in [0.25, 0.3) is 5.91 Å². The van der Waals surface area contributed by atoms with Gasteiger partial charge in [-0.05, 0) is 48.7 Å². The van der Waals surface area contributed by atoms with E-state index in [1.54, 1.807) is 14.2 Å². The second kappa shape index (κ2) is 11.7. The molecule has 2 heterocycles. The lowest BCUT2D eigenvalue weighted by atomic mass is 10.0. The molecular formula is C26H27N5O4S. The van der Waals surface area contributed by atoms with Crippen LogP contribution in [0.3, 0.4) is 0 Å². The monoisotopic (exact) mass is 505 g/mol. The quantitative estimate of drug-likeness (QED) is 0.452. The van der Waals surface area contributed by atoms with E-state index in [-0.39, 0.29) is 22.1 Å². The third-order valence-electron chi connectivity index (χ3n) is 5.66. The van der Waals surface area contributed by atoms with Crippen LogP contribution >= 0.6 is 11.8 Å². The molecule has 1 atom stereocenters. The third-order valence-corrected chi connectivity index (χ3v) is 6.91. The summed E-state index contributed by atoms with van der Waals surface area (Å²) < 4.78 is 10.8. The molecule has 0 saturated carbocycles. The highest BCUT2D eigenvalue weighted by molar-refractivity contribution is 8.14. The summed E-state index contributed by atoms with van der Waals surface area (Å²) >= 11 is 1.29. The largest absolute Gasteiger partial charge is 0.493 e. The van der Waals surface area contributed by atoms with Crippen molar-refractivity contribution in [2.24, 2.45) is 5.10 Å². The summed E-state index contributed by atoms with van der Waals surface area (Å²) in [6.45, 7) is 2.48. The van der Waals surface area contributed by atoms with Crippen molar-refractivity contribution in [3.8, 4) is 11.5 Å². The van der Waals surface area contributed by atoms with E-state index < -0.39 is 0 Å². The van der Waals surface area contributed by atoms with Gasteiger partial charge in [-0.25, -0.2) is 9.99 Å². The average Bonchev–Trinajstić information content (AvgIpc) is 2.93. The minimum atomic E-state index is -0.325. The van der Waals surface area contributed by atoms with Gasteiger partial charge < -0.3 is 14.8 Å². The van der Waals surface area contributed by atoms with Crippen LogP contribution in [-0.2, 0) is 6.42 Å². The van der Waals surface area contributed by atoms with Gasteiger partial charge in [-0.1, -0.05) is 30.8 Å².